The van der Waals surface area contributed by atoms with Crippen molar-refractivity contribution < 1.29 is 32.2 Å². The second-order valence-electron chi connectivity index (χ2n) is 7.38. The SMILES string of the molecule is O=C(COC(=O)C1COc2ccccc2O1)c1ccc(S(=O)(=O)N2CCCCC2)cc1. The molecule has 9 heteroatoms. The van der Waals surface area contributed by atoms with E-state index in [2.05, 4.69) is 0 Å². The molecule has 1 fully saturated rings. The van der Waals surface area contributed by atoms with Crippen molar-refractivity contribution in [1.82, 2.24) is 4.31 Å². The molecule has 0 aliphatic carbocycles. The van der Waals surface area contributed by atoms with Crippen molar-refractivity contribution in [1.29, 1.82) is 0 Å². The van der Waals surface area contributed by atoms with Gasteiger partial charge in [0.2, 0.25) is 16.1 Å². The van der Waals surface area contributed by atoms with E-state index >= 15 is 0 Å². The minimum atomic E-state index is -3.56. The van der Waals surface area contributed by atoms with Crippen LogP contribution >= 0.6 is 0 Å². The molecule has 0 radical (unpaired) electrons. The smallest absolute Gasteiger partial charge is 0.351 e. The monoisotopic (exact) mass is 445 g/mol. The first-order chi connectivity index (χ1) is 14.9. The molecule has 4 rings (SSSR count). The number of Topliss-reactive ketones (excluding diaryl/α,β-unsaturated/α-hetero) is 1. The van der Waals surface area contributed by atoms with Crippen molar-refractivity contribution in [3.8, 4) is 11.5 Å². The average molecular weight is 445 g/mol. The summed E-state index contributed by atoms with van der Waals surface area (Å²) in [5.41, 5.74) is 0.261. The zero-order chi connectivity index (χ0) is 21.8. The number of rotatable bonds is 6. The maximum Gasteiger partial charge on any atom is 0.351 e. The van der Waals surface area contributed by atoms with E-state index in [4.69, 9.17) is 14.2 Å². The molecular formula is C22H23NO7S. The summed E-state index contributed by atoms with van der Waals surface area (Å²) in [6.07, 6.45) is 1.77. The Morgan fingerprint density at radius 2 is 1.65 bits per heavy atom. The third-order valence-corrected chi connectivity index (χ3v) is 7.16. The minimum absolute atomic E-state index is 0.00685. The van der Waals surface area contributed by atoms with Crippen LogP contribution in [0.25, 0.3) is 0 Å². The van der Waals surface area contributed by atoms with Gasteiger partial charge in [-0.25, -0.2) is 13.2 Å². The normalized spacial score (nSPS) is 18.9. The number of esters is 1. The third-order valence-electron chi connectivity index (χ3n) is 5.25. The molecule has 0 saturated carbocycles. The molecular weight excluding hydrogens is 422 g/mol. The van der Waals surface area contributed by atoms with Crippen LogP contribution in [0.15, 0.2) is 53.4 Å². The Kier molecular flexibility index (Phi) is 6.24. The topological polar surface area (TPSA) is 99.2 Å². The number of ether oxygens (including phenoxy) is 3. The summed E-state index contributed by atoms with van der Waals surface area (Å²) >= 11 is 0. The number of hydrogen-bond acceptors (Lipinski definition) is 7. The molecule has 164 valence electrons. The van der Waals surface area contributed by atoms with E-state index in [0.29, 0.717) is 24.6 Å². The molecule has 0 bridgehead atoms. The van der Waals surface area contributed by atoms with Crippen LogP contribution in [0, 0.1) is 0 Å². The molecule has 0 amide bonds. The zero-order valence-electron chi connectivity index (χ0n) is 16.9. The number of ketones is 1. The lowest BCUT2D eigenvalue weighted by Gasteiger charge is -2.25. The molecule has 1 atom stereocenters. The van der Waals surface area contributed by atoms with Gasteiger partial charge in [0.05, 0.1) is 4.90 Å². The number of sulfonamides is 1. The van der Waals surface area contributed by atoms with Crippen molar-refractivity contribution in [2.45, 2.75) is 30.3 Å². The van der Waals surface area contributed by atoms with Gasteiger partial charge in [-0.15, -0.1) is 0 Å². The lowest BCUT2D eigenvalue weighted by Crippen LogP contribution is -2.38. The van der Waals surface area contributed by atoms with E-state index in [1.165, 1.54) is 28.6 Å². The van der Waals surface area contributed by atoms with Crippen LogP contribution in [0.2, 0.25) is 0 Å². The maximum atomic E-state index is 12.7. The number of fused-ring (bicyclic) bond motifs is 1. The van der Waals surface area contributed by atoms with E-state index in [9.17, 15) is 18.0 Å². The zero-order valence-corrected chi connectivity index (χ0v) is 17.7. The summed E-state index contributed by atoms with van der Waals surface area (Å²) in [5.74, 6) is -0.158. The van der Waals surface area contributed by atoms with E-state index in [-0.39, 0.29) is 17.1 Å². The highest BCUT2D eigenvalue weighted by atomic mass is 32.2. The molecule has 31 heavy (non-hydrogen) atoms. The number of para-hydroxylation sites is 2. The van der Waals surface area contributed by atoms with E-state index in [0.717, 1.165) is 19.3 Å². The van der Waals surface area contributed by atoms with Crippen molar-refractivity contribution in [3.05, 3.63) is 54.1 Å². The van der Waals surface area contributed by atoms with Gasteiger partial charge < -0.3 is 14.2 Å². The summed E-state index contributed by atoms with van der Waals surface area (Å²) < 4.78 is 43.0. The summed E-state index contributed by atoms with van der Waals surface area (Å²) in [5, 5.41) is 0. The lowest BCUT2D eigenvalue weighted by atomic mass is 10.1. The molecule has 2 aliphatic heterocycles. The van der Waals surface area contributed by atoms with E-state index < -0.39 is 34.5 Å². The van der Waals surface area contributed by atoms with Crippen LogP contribution in [0.3, 0.4) is 0 Å². The number of piperidine rings is 1. The summed E-state index contributed by atoms with van der Waals surface area (Å²) in [6.45, 7) is 0.540. The molecule has 2 aromatic carbocycles. The lowest BCUT2D eigenvalue weighted by molar-refractivity contribution is -0.153. The van der Waals surface area contributed by atoms with Crippen LogP contribution in [0.4, 0.5) is 0 Å². The highest BCUT2D eigenvalue weighted by molar-refractivity contribution is 7.89. The molecule has 2 aromatic rings. The fraction of sp³-hybridized carbons (Fsp3) is 0.364. The second-order valence-corrected chi connectivity index (χ2v) is 9.32. The van der Waals surface area contributed by atoms with Gasteiger partial charge in [-0.3, -0.25) is 4.79 Å². The first-order valence-corrected chi connectivity index (χ1v) is 11.6. The Hall–Kier alpha value is -2.91. The molecule has 0 spiro atoms. The van der Waals surface area contributed by atoms with Crippen LogP contribution in [0.5, 0.6) is 11.5 Å². The summed E-state index contributed by atoms with van der Waals surface area (Å²) in [6, 6.07) is 12.7. The average Bonchev–Trinajstić information content (AvgIpc) is 2.82. The van der Waals surface area contributed by atoms with Crippen LogP contribution < -0.4 is 9.47 Å². The Labute approximate surface area is 180 Å². The number of carbonyl (C=O) groups excluding carboxylic acids is 2. The Bertz CT molecular complexity index is 1060. The van der Waals surface area contributed by atoms with Gasteiger partial charge >= 0.3 is 5.97 Å². The standard InChI is InChI=1S/C22H23NO7S/c24-18(14-29-22(25)21-15-28-19-6-2-3-7-20(19)30-21)16-8-10-17(11-9-16)31(26,27)23-12-4-1-5-13-23/h2-3,6-11,21H,1,4-5,12-15H2. The van der Waals surface area contributed by atoms with Crippen LogP contribution in [0.1, 0.15) is 29.6 Å². The fourth-order valence-electron chi connectivity index (χ4n) is 3.52. The van der Waals surface area contributed by atoms with Crippen molar-refractivity contribution in [2.24, 2.45) is 0 Å². The third kappa shape index (κ3) is 4.72. The molecule has 2 heterocycles. The summed E-state index contributed by atoms with van der Waals surface area (Å²) in [4.78, 5) is 24.8. The van der Waals surface area contributed by atoms with Crippen LogP contribution in [-0.2, 0) is 19.6 Å². The first kappa shape index (κ1) is 21.3. The second kappa shape index (κ2) is 9.07. The largest absolute Gasteiger partial charge is 0.485 e. The Balaban J connectivity index is 1.33. The number of benzene rings is 2. The van der Waals surface area contributed by atoms with Gasteiger partial charge in [-0.1, -0.05) is 18.6 Å². The number of nitrogens with zero attached hydrogens (tertiary/aromatic N) is 1. The van der Waals surface area contributed by atoms with Crippen LogP contribution in [-0.4, -0.2) is 56.9 Å². The van der Waals surface area contributed by atoms with Crippen molar-refractivity contribution in [2.75, 3.05) is 26.3 Å². The van der Waals surface area contributed by atoms with Crippen molar-refractivity contribution in [3.63, 3.8) is 0 Å². The first-order valence-electron chi connectivity index (χ1n) is 10.1. The minimum Gasteiger partial charge on any atom is -0.485 e. The number of hydrogen-bond donors (Lipinski definition) is 0. The highest BCUT2D eigenvalue weighted by Gasteiger charge is 2.29. The molecule has 1 unspecified atom stereocenters. The van der Waals surface area contributed by atoms with Crippen molar-refractivity contribution >= 4 is 21.8 Å². The van der Waals surface area contributed by atoms with E-state index in [1.807, 2.05) is 0 Å². The van der Waals surface area contributed by atoms with Gasteiger partial charge in [0, 0.05) is 18.7 Å². The fourth-order valence-corrected chi connectivity index (χ4v) is 5.03. The molecule has 0 aromatic heterocycles. The van der Waals surface area contributed by atoms with Gasteiger partial charge in [0.1, 0.15) is 6.61 Å². The van der Waals surface area contributed by atoms with E-state index in [1.54, 1.807) is 24.3 Å². The van der Waals surface area contributed by atoms with Gasteiger partial charge in [-0.2, -0.15) is 4.31 Å². The maximum absolute atomic E-state index is 12.7. The predicted octanol–water partition coefficient (Wildman–Crippen LogP) is 2.43. The van der Waals surface area contributed by atoms with Gasteiger partial charge in [0.15, 0.2) is 23.9 Å². The van der Waals surface area contributed by atoms with Gasteiger partial charge in [-0.05, 0) is 49.2 Å². The Morgan fingerprint density at radius 3 is 2.35 bits per heavy atom. The molecule has 8 nitrogen and oxygen atoms in total. The molecule has 2 aliphatic rings. The Morgan fingerprint density at radius 1 is 0.968 bits per heavy atom. The predicted molar refractivity (Wildman–Crippen MR) is 111 cm³/mol. The molecule has 0 N–H and O–H groups in total. The summed E-state index contributed by atoms with van der Waals surface area (Å²) in [7, 11) is -3.56. The molecule has 1 saturated heterocycles. The quantitative estimate of drug-likeness (QED) is 0.497. The van der Waals surface area contributed by atoms with Gasteiger partial charge in [0.25, 0.3) is 0 Å². The number of carbonyl (C=O) groups is 2. The highest BCUT2D eigenvalue weighted by Crippen LogP contribution is 2.31.